The van der Waals surface area contributed by atoms with E-state index in [4.69, 9.17) is 9.57 Å². The Morgan fingerprint density at radius 2 is 1.11 bits per heavy atom. The van der Waals surface area contributed by atoms with Gasteiger partial charge in [0, 0.05) is 30.3 Å². The maximum atomic E-state index is 12.2. The summed E-state index contributed by atoms with van der Waals surface area (Å²) in [5, 5.41) is 12.0. The minimum atomic E-state index is -0.882. The summed E-state index contributed by atoms with van der Waals surface area (Å²) in [6.45, 7) is 18.9. The lowest BCUT2D eigenvalue weighted by atomic mass is 9.80. The van der Waals surface area contributed by atoms with Crippen LogP contribution in [-0.4, -0.2) is 45.5 Å². The summed E-state index contributed by atoms with van der Waals surface area (Å²) in [4.78, 5) is 18.2. The number of aliphatic hydroxyl groups is 1. The summed E-state index contributed by atoms with van der Waals surface area (Å²) in [7, 11) is 0. The third-order valence-corrected chi connectivity index (χ3v) is 7.34. The zero-order valence-electron chi connectivity index (χ0n) is 27.1. The van der Waals surface area contributed by atoms with Gasteiger partial charge in [-0.1, -0.05) is 111 Å². The minimum absolute atomic E-state index is 0.0797. The third-order valence-electron chi connectivity index (χ3n) is 7.34. The third kappa shape index (κ3) is 18.6. The van der Waals surface area contributed by atoms with Gasteiger partial charge < -0.3 is 9.84 Å². The molecular formula is C33H67NO4. The lowest BCUT2D eigenvalue weighted by molar-refractivity contribution is -0.306. The molecule has 1 aliphatic rings. The van der Waals surface area contributed by atoms with Crippen LogP contribution in [0.1, 0.15) is 178 Å². The number of hydroxylamine groups is 2. The van der Waals surface area contributed by atoms with Crippen LogP contribution in [0.4, 0.5) is 0 Å². The quantitative estimate of drug-likeness (QED) is 0.130. The maximum absolute atomic E-state index is 12.2. The van der Waals surface area contributed by atoms with Gasteiger partial charge in [0.25, 0.3) is 0 Å². The Hall–Kier alpha value is -0.650. The number of nitrogens with zero attached hydrogens (tertiary/aromatic N) is 1. The molecule has 0 aromatic rings. The van der Waals surface area contributed by atoms with Crippen molar-refractivity contribution in [3.63, 3.8) is 0 Å². The van der Waals surface area contributed by atoms with Crippen molar-refractivity contribution >= 4 is 5.97 Å². The van der Waals surface area contributed by atoms with Crippen molar-refractivity contribution in [2.24, 2.45) is 0 Å². The normalized spacial score (nSPS) is 17.6. The zero-order valence-corrected chi connectivity index (χ0v) is 27.1. The Balaban J connectivity index is 0.000000958. The molecule has 0 aliphatic carbocycles. The lowest BCUT2D eigenvalue weighted by Gasteiger charge is -2.53. The van der Waals surface area contributed by atoms with E-state index in [1.807, 2.05) is 5.06 Å². The van der Waals surface area contributed by atoms with Crippen LogP contribution in [0.5, 0.6) is 0 Å². The van der Waals surface area contributed by atoms with E-state index in [0.717, 1.165) is 25.7 Å². The van der Waals surface area contributed by atoms with Crippen LogP contribution in [0.3, 0.4) is 0 Å². The predicted octanol–water partition coefficient (Wildman–Crippen LogP) is 9.54. The van der Waals surface area contributed by atoms with Crippen LogP contribution in [-0.2, 0) is 14.4 Å². The van der Waals surface area contributed by atoms with Gasteiger partial charge in [-0.3, -0.25) is 9.63 Å². The number of ether oxygens (including phenoxy) is 1. The fraction of sp³-hybridized carbons (Fsp3) is 0.970. The van der Waals surface area contributed by atoms with Crippen LogP contribution in [0.2, 0.25) is 0 Å². The molecular weight excluding hydrogens is 474 g/mol. The highest BCUT2D eigenvalue weighted by molar-refractivity contribution is 5.69. The first-order valence-electron chi connectivity index (χ1n) is 16.1. The van der Waals surface area contributed by atoms with Gasteiger partial charge in [-0.05, 0) is 48.0 Å². The molecule has 0 aromatic heterocycles. The Bertz CT molecular complexity index is 554. The molecule has 38 heavy (non-hydrogen) atoms. The van der Waals surface area contributed by atoms with E-state index < -0.39 is 5.60 Å². The Morgan fingerprint density at radius 1 is 0.737 bits per heavy atom. The summed E-state index contributed by atoms with van der Waals surface area (Å²) in [6.07, 6.45) is 22.0. The molecule has 0 bridgehead atoms. The molecule has 228 valence electrons. The van der Waals surface area contributed by atoms with Gasteiger partial charge >= 0.3 is 5.97 Å². The Labute approximate surface area is 237 Å². The highest BCUT2D eigenvalue weighted by atomic mass is 16.7. The molecule has 0 unspecified atom stereocenters. The number of esters is 1. The van der Waals surface area contributed by atoms with Crippen molar-refractivity contribution in [1.82, 2.24) is 5.06 Å². The maximum Gasteiger partial charge on any atom is 0.306 e. The van der Waals surface area contributed by atoms with Crippen LogP contribution in [0, 0.1) is 0 Å². The van der Waals surface area contributed by atoms with E-state index in [1.165, 1.54) is 83.5 Å². The summed E-state index contributed by atoms with van der Waals surface area (Å²) >= 11 is 0. The highest BCUT2D eigenvalue weighted by Gasteiger charge is 2.48. The predicted molar refractivity (Wildman–Crippen MR) is 162 cm³/mol. The standard InChI is InChI=1S/C21H41NO4.C12H26/c1-8-9-10-11-12-13-18(23)26-17-14-19(2,3)22(20(4,5)15-17)25-16-21(6,7)24;1-3-5-7-9-11-12-10-8-6-4-2/h17,24H,8-16H2,1-7H3;3-12H2,1-2H3. The number of unbranched alkanes of at least 4 members (excludes halogenated alkanes) is 13. The van der Waals surface area contributed by atoms with Crippen molar-refractivity contribution in [1.29, 1.82) is 0 Å². The lowest BCUT2D eigenvalue weighted by Crippen LogP contribution is -2.62. The number of piperidine rings is 1. The van der Waals surface area contributed by atoms with Crippen LogP contribution in [0.25, 0.3) is 0 Å². The Morgan fingerprint density at radius 3 is 1.47 bits per heavy atom. The van der Waals surface area contributed by atoms with Crippen molar-refractivity contribution in [2.75, 3.05) is 6.61 Å². The summed E-state index contributed by atoms with van der Waals surface area (Å²) in [6, 6.07) is 0. The van der Waals surface area contributed by atoms with Gasteiger partial charge in [0.1, 0.15) is 6.10 Å². The topological polar surface area (TPSA) is 59.0 Å². The van der Waals surface area contributed by atoms with E-state index >= 15 is 0 Å². The van der Waals surface area contributed by atoms with E-state index in [9.17, 15) is 9.90 Å². The van der Waals surface area contributed by atoms with Crippen molar-refractivity contribution in [3.8, 4) is 0 Å². The van der Waals surface area contributed by atoms with Gasteiger partial charge in [-0.15, -0.1) is 0 Å². The molecule has 5 heteroatoms. The van der Waals surface area contributed by atoms with Crippen LogP contribution >= 0.6 is 0 Å². The van der Waals surface area contributed by atoms with Crippen molar-refractivity contribution in [2.45, 2.75) is 201 Å². The average molecular weight is 542 g/mol. The van der Waals surface area contributed by atoms with Crippen LogP contribution < -0.4 is 0 Å². The van der Waals surface area contributed by atoms with E-state index in [0.29, 0.717) is 6.42 Å². The van der Waals surface area contributed by atoms with Gasteiger partial charge in [0.15, 0.2) is 0 Å². The number of rotatable bonds is 19. The second kappa shape index (κ2) is 20.3. The van der Waals surface area contributed by atoms with Gasteiger partial charge in [0.2, 0.25) is 0 Å². The first-order valence-corrected chi connectivity index (χ1v) is 16.1. The van der Waals surface area contributed by atoms with E-state index in [-0.39, 0.29) is 29.8 Å². The van der Waals surface area contributed by atoms with E-state index in [1.54, 1.807) is 13.8 Å². The van der Waals surface area contributed by atoms with Gasteiger partial charge in [-0.25, -0.2) is 0 Å². The molecule has 0 radical (unpaired) electrons. The molecule has 1 heterocycles. The largest absolute Gasteiger partial charge is 0.462 e. The molecule has 1 aliphatic heterocycles. The Kier molecular flexibility index (Phi) is 19.9. The molecule has 5 nitrogen and oxygen atoms in total. The number of hydrogen-bond acceptors (Lipinski definition) is 5. The number of carbonyl (C=O) groups is 1. The molecule has 0 atom stereocenters. The molecule has 1 fully saturated rings. The molecule has 0 aromatic carbocycles. The molecule has 1 N–H and O–H groups in total. The smallest absolute Gasteiger partial charge is 0.306 e. The SMILES string of the molecule is CCCCCCCC(=O)OC1CC(C)(C)N(OCC(C)(C)O)C(C)(C)C1.CCCCCCCCCCCC. The highest BCUT2D eigenvalue weighted by Crippen LogP contribution is 2.40. The second-order valence-corrected chi connectivity index (χ2v) is 13.5. The molecule has 1 rings (SSSR count). The fourth-order valence-corrected chi connectivity index (χ4v) is 5.51. The molecule has 0 spiro atoms. The van der Waals surface area contributed by atoms with Crippen LogP contribution in [0.15, 0.2) is 0 Å². The first kappa shape index (κ1) is 37.4. The minimum Gasteiger partial charge on any atom is -0.462 e. The van der Waals surface area contributed by atoms with E-state index in [2.05, 4.69) is 48.5 Å². The second-order valence-electron chi connectivity index (χ2n) is 13.5. The zero-order chi connectivity index (χ0) is 29.1. The number of carbonyl (C=O) groups excluding carboxylic acids is 1. The van der Waals surface area contributed by atoms with Crippen molar-refractivity contribution in [3.05, 3.63) is 0 Å². The average Bonchev–Trinajstić information content (AvgIpc) is 2.79. The molecule has 1 saturated heterocycles. The number of hydrogen-bond donors (Lipinski definition) is 1. The first-order chi connectivity index (χ1) is 17.8. The van der Waals surface area contributed by atoms with Crippen molar-refractivity contribution < 1.29 is 19.5 Å². The fourth-order valence-electron chi connectivity index (χ4n) is 5.51. The monoisotopic (exact) mass is 542 g/mol. The van der Waals surface area contributed by atoms with Gasteiger partial charge in [-0.2, -0.15) is 5.06 Å². The summed E-state index contributed by atoms with van der Waals surface area (Å²) in [5.41, 5.74) is -1.44. The summed E-state index contributed by atoms with van der Waals surface area (Å²) < 4.78 is 5.79. The summed E-state index contributed by atoms with van der Waals surface area (Å²) in [5.74, 6) is -0.0797. The molecule has 0 saturated carbocycles. The van der Waals surface area contributed by atoms with Gasteiger partial charge in [0.05, 0.1) is 12.2 Å². The molecule has 0 amide bonds.